The van der Waals surface area contributed by atoms with Crippen molar-refractivity contribution in [2.75, 3.05) is 23.8 Å². The number of aromatic nitrogens is 2. The molecule has 0 saturated heterocycles. The largest absolute Gasteiger partial charge is 0.462 e. The summed E-state index contributed by atoms with van der Waals surface area (Å²) in [7, 11) is 0. The molecule has 2 N–H and O–H groups in total. The smallest absolute Gasteiger partial charge is 0.348 e. The molecule has 0 aliphatic rings. The minimum absolute atomic E-state index is 0.119. The molecule has 0 spiro atoms. The molecule has 13 heteroatoms. The second-order valence-electron chi connectivity index (χ2n) is 7.05. The van der Waals surface area contributed by atoms with Crippen LogP contribution in [0.3, 0.4) is 0 Å². The molecule has 3 rings (SSSR count). The first-order valence-electron chi connectivity index (χ1n) is 10.4. The number of halogens is 3. The monoisotopic (exact) mass is 574 g/mol. The van der Waals surface area contributed by atoms with E-state index in [-0.39, 0.29) is 28.8 Å². The maximum Gasteiger partial charge on any atom is 0.348 e. The Bertz CT molecular complexity index is 1280. The van der Waals surface area contributed by atoms with Gasteiger partial charge in [-0.2, -0.15) is 5.10 Å². The van der Waals surface area contributed by atoms with Gasteiger partial charge >= 0.3 is 11.9 Å². The van der Waals surface area contributed by atoms with Crippen LogP contribution >= 0.6 is 58.4 Å². The maximum atomic E-state index is 12.6. The minimum atomic E-state index is -0.578. The summed E-state index contributed by atoms with van der Waals surface area (Å²) in [5.74, 6) is -0.802. The highest BCUT2D eigenvalue weighted by molar-refractivity contribution is 7.80. The van der Waals surface area contributed by atoms with Crippen molar-refractivity contribution in [1.82, 2.24) is 9.78 Å². The zero-order valence-electron chi connectivity index (χ0n) is 18.9. The van der Waals surface area contributed by atoms with Gasteiger partial charge in [-0.3, -0.25) is 4.68 Å². The van der Waals surface area contributed by atoms with Crippen LogP contribution in [0.1, 0.15) is 45.0 Å². The fourth-order valence-electron chi connectivity index (χ4n) is 3.07. The van der Waals surface area contributed by atoms with Crippen molar-refractivity contribution in [2.45, 2.75) is 27.3 Å². The molecule has 0 amide bonds. The highest BCUT2D eigenvalue weighted by Gasteiger charge is 2.27. The van der Waals surface area contributed by atoms with Gasteiger partial charge in [-0.25, -0.2) is 9.59 Å². The first-order chi connectivity index (χ1) is 16.6. The quantitative estimate of drug-likeness (QED) is 0.235. The van der Waals surface area contributed by atoms with Crippen LogP contribution in [0, 0.1) is 6.92 Å². The summed E-state index contributed by atoms with van der Waals surface area (Å²) in [6.45, 7) is 5.84. The average molecular weight is 576 g/mol. The van der Waals surface area contributed by atoms with E-state index in [1.165, 1.54) is 0 Å². The Morgan fingerprint density at radius 3 is 2.40 bits per heavy atom. The van der Waals surface area contributed by atoms with E-state index < -0.39 is 11.9 Å². The minimum Gasteiger partial charge on any atom is -0.462 e. The molecule has 3 aromatic rings. The summed E-state index contributed by atoms with van der Waals surface area (Å²) in [4.78, 5) is 25.2. The lowest BCUT2D eigenvalue weighted by atomic mass is 10.1. The fraction of sp³-hybridized carbons (Fsp3) is 0.273. The lowest BCUT2D eigenvalue weighted by Gasteiger charge is -2.10. The second kappa shape index (κ2) is 12.0. The average Bonchev–Trinajstić information content (AvgIpc) is 3.29. The van der Waals surface area contributed by atoms with Crippen LogP contribution in [-0.2, 0) is 16.0 Å². The molecule has 0 fully saturated rings. The van der Waals surface area contributed by atoms with Gasteiger partial charge in [0.05, 0.1) is 35.4 Å². The third-order valence-corrected chi connectivity index (χ3v) is 7.00. The topological polar surface area (TPSA) is 94.5 Å². The molecule has 0 saturated carbocycles. The van der Waals surface area contributed by atoms with Crippen molar-refractivity contribution in [2.24, 2.45) is 0 Å². The number of hydrogen-bond acceptors (Lipinski definition) is 7. The number of benzene rings is 1. The van der Waals surface area contributed by atoms with Crippen molar-refractivity contribution in [3.05, 3.63) is 61.0 Å². The number of thiophene rings is 1. The van der Waals surface area contributed by atoms with E-state index in [1.807, 2.05) is 6.07 Å². The molecular weight excluding hydrogens is 555 g/mol. The molecule has 0 atom stereocenters. The Labute approximate surface area is 226 Å². The van der Waals surface area contributed by atoms with Gasteiger partial charge in [-0.1, -0.05) is 40.9 Å². The standard InChI is InChI=1S/C22H21Cl3N4O4S2/c1-4-32-20(30)16-11(3)17(21(31)33-5-2)35-19(16)27-22(34)26-18-15(25)10-29(28-18)9-12-6-7-13(23)14(24)8-12/h6-8,10H,4-5,9H2,1-3H3,(H2,26,27,28,34). The summed E-state index contributed by atoms with van der Waals surface area (Å²) >= 11 is 24.8. The number of carbonyl (C=O) groups excluding carboxylic acids is 2. The Morgan fingerprint density at radius 2 is 1.74 bits per heavy atom. The number of rotatable bonds is 8. The zero-order valence-corrected chi connectivity index (χ0v) is 22.8. The molecule has 0 aliphatic carbocycles. The number of esters is 2. The number of nitrogens with one attached hydrogen (secondary N) is 2. The highest BCUT2D eigenvalue weighted by atomic mass is 35.5. The van der Waals surface area contributed by atoms with Gasteiger partial charge in [0.2, 0.25) is 0 Å². The van der Waals surface area contributed by atoms with E-state index in [4.69, 9.17) is 56.5 Å². The van der Waals surface area contributed by atoms with Crippen molar-refractivity contribution in [3.8, 4) is 0 Å². The van der Waals surface area contributed by atoms with Crippen LogP contribution in [0.25, 0.3) is 0 Å². The van der Waals surface area contributed by atoms with E-state index in [1.54, 1.807) is 43.8 Å². The molecule has 35 heavy (non-hydrogen) atoms. The summed E-state index contributed by atoms with van der Waals surface area (Å²) in [5.41, 5.74) is 1.53. The van der Waals surface area contributed by atoms with Gasteiger partial charge in [0.15, 0.2) is 10.9 Å². The number of hydrogen-bond donors (Lipinski definition) is 2. The molecule has 0 radical (unpaired) electrons. The van der Waals surface area contributed by atoms with Gasteiger partial charge in [-0.15, -0.1) is 11.3 Å². The number of anilines is 2. The van der Waals surface area contributed by atoms with Crippen LogP contribution in [-0.4, -0.2) is 40.0 Å². The number of thiocarbonyl (C=S) groups is 1. The number of carbonyl (C=O) groups is 2. The molecule has 8 nitrogen and oxygen atoms in total. The van der Waals surface area contributed by atoms with Gasteiger partial charge in [0.1, 0.15) is 14.9 Å². The Balaban J connectivity index is 1.79. The van der Waals surface area contributed by atoms with Crippen molar-refractivity contribution < 1.29 is 19.1 Å². The van der Waals surface area contributed by atoms with Crippen molar-refractivity contribution in [3.63, 3.8) is 0 Å². The first kappa shape index (κ1) is 27.2. The van der Waals surface area contributed by atoms with Crippen molar-refractivity contribution >= 4 is 86.2 Å². The predicted octanol–water partition coefficient (Wildman–Crippen LogP) is 6.42. The SMILES string of the molecule is CCOC(=O)c1sc(NC(=S)Nc2nn(Cc3ccc(Cl)c(Cl)c3)cc2Cl)c(C(=O)OCC)c1C. The second-order valence-corrected chi connectivity index (χ2v) is 9.70. The lowest BCUT2D eigenvalue weighted by Crippen LogP contribution is -2.21. The molecule has 0 bridgehead atoms. The third kappa shape index (κ3) is 6.65. The normalized spacial score (nSPS) is 10.7. The van der Waals surface area contributed by atoms with E-state index in [0.717, 1.165) is 16.9 Å². The predicted molar refractivity (Wildman–Crippen MR) is 144 cm³/mol. The molecular formula is C22H21Cl3N4O4S2. The Hall–Kier alpha value is -2.37. The molecule has 186 valence electrons. The van der Waals surface area contributed by atoms with Crippen LogP contribution in [0.15, 0.2) is 24.4 Å². The maximum absolute atomic E-state index is 12.6. The summed E-state index contributed by atoms with van der Waals surface area (Å²) in [6, 6.07) is 5.29. The fourth-order valence-corrected chi connectivity index (χ4v) is 4.95. The van der Waals surface area contributed by atoms with Gasteiger partial charge in [0, 0.05) is 6.20 Å². The Kier molecular flexibility index (Phi) is 9.37. The van der Waals surface area contributed by atoms with E-state index >= 15 is 0 Å². The third-order valence-electron chi connectivity index (χ3n) is 4.59. The Morgan fingerprint density at radius 1 is 1.06 bits per heavy atom. The highest BCUT2D eigenvalue weighted by Crippen LogP contribution is 2.34. The van der Waals surface area contributed by atoms with E-state index in [0.29, 0.717) is 38.0 Å². The van der Waals surface area contributed by atoms with Crippen LogP contribution < -0.4 is 10.6 Å². The van der Waals surface area contributed by atoms with Gasteiger partial charge in [-0.05, 0) is 56.2 Å². The molecule has 1 aromatic carbocycles. The van der Waals surface area contributed by atoms with Gasteiger partial charge < -0.3 is 20.1 Å². The van der Waals surface area contributed by atoms with E-state index in [2.05, 4.69) is 15.7 Å². The number of nitrogens with zero attached hydrogens (tertiary/aromatic N) is 2. The summed E-state index contributed by atoms with van der Waals surface area (Å²) < 4.78 is 11.9. The molecule has 0 aliphatic heterocycles. The van der Waals surface area contributed by atoms with Crippen LogP contribution in [0.4, 0.5) is 10.8 Å². The van der Waals surface area contributed by atoms with Crippen molar-refractivity contribution in [1.29, 1.82) is 0 Å². The summed E-state index contributed by atoms with van der Waals surface area (Å²) in [5, 5.41) is 12.0. The zero-order chi connectivity index (χ0) is 25.7. The summed E-state index contributed by atoms with van der Waals surface area (Å²) in [6.07, 6.45) is 1.63. The van der Waals surface area contributed by atoms with Gasteiger partial charge in [0.25, 0.3) is 0 Å². The lowest BCUT2D eigenvalue weighted by molar-refractivity contribution is 0.0527. The molecule has 2 heterocycles. The molecule has 2 aromatic heterocycles. The van der Waals surface area contributed by atoms with Crippen LogP contribution in [0.5, 0.6) is 0 Å². The van der Waals surface area contributed by atoms with Crippen LogP contribution in [0.2, 0.25) is 15.1 Å². The van der Waals surface area contributed by atoms with E-state index in [9.17, 15) is 9.59 Å². The number of ether oxygens (including phenoxy) is 2. The molecule has 0 unspecified atom stereocenters. The first-order valence-corrected chi connectivity index (χ1v) is 12.7.